The monoisotopic (exact) mass is 371 g/mol. The maximum absolute atomic E-state index is 12.9. The second kappa shape index (κ2) is 8.16. The van der Waals surface area contributed by atoms with Crippen LogP contribution in [0.3, 0.4) is 0 Å². The van der Waals surface area contributed by atoms with Gasteiger partial charge in [-0.1, -0.05) is 13.8 Å². The number of halogens is 1. The van der Waals surface area contributed by atoms with Gasteiger partial charge in [0, 0.05) is 17.4 Å². The summed E-state index contributed by atoms with van der Waals surface area (Å²) in [6.07, 6.45) is 0.826. The first-order valence-electron chi connectivity index (χ1n) is 8.08. The molecule has 1 aliphatic heterocycles. The molecule has 0 aliphatic carbocycles. The van der Waals surface area contributed by atoms with E-state index in [4.69, 9.17) is 0 Å². The van der Waals surface area contributed by atoms with Crippen molar-refractivity contribution in [2.24, 2.45) is 11.3 Å². The molecule has 26 heavy (non-hydrogen) atoms. The minimum Gasteiger partial charge on any atom is -0.319 e. The second-order valence-corrected chi connectivity index (χ2v) is 7.58. The molecular weight excluding hydrogens is 353 g/mol. The van der Waals surface area contributed by atoms with Crippen molar-refractivity contribution in [2.75, 3.05) is 5.75 Å². The van der Waals surface area contributed by atoms with Crippen LogP contribution in [0.1, 0.15) is 37.0 Å². The third-order valence-corrected chi connectivity index (χ3v) is 5.38. The molecule has 1 atom stereocenters. The Morgan fingerprint density at radius 2 is 1.96 bits per heavy atom. The standard InChI is InChI=1S/C19H18FN3O2S/c1-19(2)14(10-21)17(25)23-18(15(19)11-22)26-9-3-4-16(24)12-5-7-13(20)8-6-12/h5-8,14H,3-4,9H2,1-2H3,(H,23,25)/t14-/m1/s1. The van der Waals surface area contributed by atoms with Crippen molar-refractivity contribution in [1.82, 2.24) is 5.32 Å². The molecular formula is C19H18FN3O2S. The van der Waals surface area contributed by atoms with Gasteiger partial charge in [0.2, 0.25) is 5.91 Å². The molecule has 1 aromatic rings. The largest absolute Gasteiger partial charge is 0.319 e. The highest BCUT2D eigenvalue weighted by Gasteiger charge is 2.44. The van der Waals surface area contributed by atoms with Gasteiger partial charge in [-0.2, -0.15) is 10.5 Å². The Morgan fingerprint density at radius 1 is 1.31 bits per heavy atom. The van der Waals surface area contributed by atoms with E-state index < -0.39 is 17.2 Å². The van der Waals surface area contributed by atoms with Gasteiger partial charge in [-0.25, -0.2) is 4.39 Å². The highest BCUT2D eigenvalue weighted by molar-refractivity contribution is 8.03. The highest BCUT2D eigenvalue weighted by Crippen LogP contribution is 2.41. The molecule has 0 saturated carbocycles. The Kier molecular flexibility index (Phi) is 6.18. The lowest BCUT2D eigenvalue weighted by Crippen LogP contribution is -2.44. The van der Waals surface area contributed by atoms with Gasteiger partial charge >= 0.3 is 0 Å². The van der Waals surface area contributed by atoms with Crippen molar-refractivity contribution in [3.63, 3.8) is 0 Å². The van der Waals surface area contributed by atoms with Gasteiger partial charge in [-0.05, 0) is 36.4 Å². The van der Waals surface area contributed by atoms with Crippen molar-refractivity contribution in [3.8, 4) is 12.1 Å². The fourth-order valence-corrected chi connectivity index (χ4v) is 3.84. The van der Waals surface area contributed by atoms with E-state index in [0.717, 1.165) is 0 Å². The van der Waals surface area contributed by atoms with Crippen LogP contribution in [-0.2, 0) is 4.79 Å². The number of nitrogens with zero attached hydrogens (tertiary/aromatic N) is 2. The molecule has 134 valence electrons. The van der Waals surface area contributed by atoms with E-state index in [-0.39, 0.29) is 18.0 Å². The summed E-state index contributed by atoms with van der Waals surface area (Å²) in [4.78, 5) is 24.2. The summed E-state index contributed by atoms with van der Waals surface area (Å²) in [5.41, 5.74) is -0.0335. The Balaban J connectivity index is 1.98. The lowest BCUT2D eigenvalue weighted by Gasteiger charge is -2.34. The molecule has 0 unspecified atom stereocenters. The first-order chi connectivity index (χ1) is 12.3. The van der Waals surface area contributed by atoms with Gasteiger partial charge in [0.15, 0.2) is 5.78 Å². The lowest BCUT2D eigenvalue weighted by atomic mass is 9.72. The minimum atomic E-state index is -0.915. The summed E-state index contributed by atoms with van der Waals surface area (Å²) in [5.74, 6) is -1.28. The van der Waals surface area contributed by atoms with Crippen LogP contribution in [0, 0.1) is 39.8 Å². The number of benzene rings is 1. The Morgan fingerprint density at radius 3 is 2.54 bits per heavy atom. The zero-order chi connectivity index (χ0) is 19.3. The van der Waals surface area contributed by atoms with Crippen LogP contribution in [-0.4, -0.2) is 17.4 Å². The molecule has 0 spiro atoms. The summed E-state index contributed by atoms with van der Waals surface area (Å²) >= 11 is 1.29. The molecule has 0 fully saturated rings. The van der Waals surface area contributed by atoms with Crippen LogP contribution in [0.5, 0.6) is 0 Å². The molecule has 1 heterocycles. The van der Waals surface area contributed by atoms with E-state index in [1.165, 1.54) is 36.0 Å². The van der Waals surface area contributed by atoms with E-state index in [0.29, 0.717) is 28.3 Å². The number of Topliss-reactive ketones (excluding diaryl/α,β-unsaturated/α-hetero) is 1. The Labute approximate surface area is 155 Å². The third-order valence-electron chi connectivity index (χ3n) is 4.29. The predicted octanol–water partition coefficient (Wildman–Crippen LogP) is 3.55. The Bertz CT molecular complexity index is 832. The van der Waals surface area contributed by atoms with Crippen LogP contribution in [0.2, 0.25) is 0 Å². The normalized spacial score (nSPS) is 18.7. The van der Waals surface area contributed by atoms with E-state index in [2.05, 4.69) is 11.4 Å². The maximum atomic E-state index is 12.9. The van der Waals surface area contributed by atoms with Gasteiger partial charge < -0.3 is 5.32 Å². The topological polar surface area (TPSA) is 93.8 Å². The van der Waals surface area contributed by atoms with Crippen LogP contribution in [0.4, 0.5) is 4.39 Å². The molecule has 0 saturated heterocycles. The smallest absolute Gasteiger partial charge is 0.243 e. The van der Waals surface area contributed by atoms with Crippen molar-refractivity contribution < 1.29 is 14.0 Å². The third kappa shape index (κ3) is 4.12. The second-order valence-electron chi connectivity index (χ2n) is 6.47. The van der Waals surface area contributed by atoms with Crippen LogP contribution >= 0.6 is 11.8 Å². The average Bonchev–Trinajstić information content (AvgIpc) is 2.58. The van der Waals surface area contributed by atoms with Gasteiger partial charge in [0.1, 0.15) is 11.7 Å². The number of allylic oxidation sites excluding steroid dienone is 1. The molecule has 1 aliphatic rings. The SMILES string of the molecule is CC1(C)C(C#N)=C(SCCCC(=O)c2ccc(F)cc2)NC(=O)[C@H]1C#N. The first-order valence-corrected chi connectivity index (χ1v) is 9.06. The number of nitriles is 2. The molecule has 1 aromatic carbocycles. The van der Waals surface area contributed by atoms with Crippen molar-refractivity contribution >= 4 is 23.5 Å². The van der Waals surface area contributed by atoms with E-state index in [1.54, 1.807) is 13.8 Å². The zero-order valence-electron chi connectivity index (χ0n) is 14.5. The van der Waals surface area contributed by atoms with Gasteiger partial charge in [0.25, 0.3) is 0 Å². The number of hydrogen-bond donors (Lipinski definition) is 1. The predicted molar refractivity (Wildman–Crippen MR) is 96.1 cm³/mol. The molecule has 0 bridgehead atoms. The summed E-state index contributed by atoms with van der Waals surface area (Å²) < 4.78 is 12.9. The van der Waals surface area contributed by atoms with E-state index >= 15 is 0 Å². The molecule has 5 nitrogen and oxygen atoms in total. The maximum Gasteiger partial charge on any atom is 0.243 e. The summed E-state index contributed by atoms with van der Waals surface area (Å²) in [6.45, 7) is 3.41. The first kappa shape index (κ1) is 19.7. The van der Waals surface area contributed by atoms with Crippen molar-refractivity contribution in [3.05, 3.63) is 46.2 Å². The summed E-state index contributed by atoms with van der Waals surface area (Å²) in [7, 11) is 0. The number of ketones is 1. The van der Waals surface area contributed by atoms with E-state index in [9.17, 15) is 24.5 Å². The quantitative estimate of drug-likeness (QED) is 0.610. The number of carbonyl (C=O) groups is 2. The number of hydrogen-bond acceptors (Lipinski definition) is 5. The number of carbonyl (C=O) groups excluding carboxylic acids is 2. The number of nitrogens with one attached hydrogen (secondary N) is 1. The number of amides is 1. The fraction of sp³-hybridized carbons (Fsp3) is 0.368. The zero-order valence-corrected chi connectivity index (χ0v) is 15.3. The van der Waals surface area contributed by atoms with Crippen LogP contribution < -0.4 is 5.32 Å². The molecule has 1 amide bonds. The van der Waals surface area contributed by atoms with Crippen LogP contribution in [0.25, 0.3) is 0 Å². The number of rotatable bonds is 6. The van der Waals surface area contributed by atoms with Crippen LogP contribution in [0.15, 0.2) is 34.9 Å². The van der Waals surface area contributed by atoms with Crippen molar-refractivity contribution in [1.29, 1.82) is 10.5 Å². The minimum absolute atomic E-state index is 0.0855. The summed E-state index contributed by atoms with van der Waals surface area (Å²) in [5, 5.41) is 21.7. The average molecular weight is 371 g/mol. The molecule has 0 radical (unpaired) electrons. The number of thioether (sulfide) groups is 1. The van der Waals surface area contributed by atoms with Gasteiger partial charge in [-0.3, -0.25) is 9.59 Å². The highest BCUT2D eigenvalue weighted by atomic mass is 32.2. The van der Waals surface area contributed by atoms with Gasteiger partial charge in [-0.15, -0.1) is 11.8 Å². The Hall–Kier alpha value is -2.64. The van der Waals surface area contributed by atoms with Crippen molar-refractivity contribution in [2.45, 2.75) is 26.7 Å². The summed E-state index contributed by atoms with van der Waals surface area (Å²) in [6, 6.07) is 9.45. The molecule has 0 aromatic heterocycles. The molecule has 7 heteroatoms. The molecule has 2 rings (SSSR count). The fourth-order valence-electron chi connectivity index (χ4n) is 2.72. The molecule has 1 N–H and O–H groups in total. The van der Waals surface area contributed by atoms with Gasteiger partial charge in [0.05, 0.1) is 22.7 Å². The van der Waals surface area contributed by atoms with E-state index in [1.807, 2.05) is 6.07 Å². The lowest BCUT2D eigenvalue weighted by molar-refractivity contribution is -0.125.